The van der Waals surface area contributed by atoms with E-state index < -0.39 is 0 Å². The van der Waals surface area contributed by atoms with Crippen molar-refractivity contribution in [3.05, 3.63) is 29.3 Å². The van der Waals surface area contributed by atoms with Crippen LogP contribution in [-0.2, 0) is 22.4 Å². The predicted octanol–water partition coefficient (Wildman–Crippen LogP) is 2.45. The number of phenols is 1. The Labute approximate surface area is 96.1 Å². The molecule has 1 rings (SSSR count). The maximum Gasteiger partial charge on any atom is 0.306 e. The molecule has 1 N–H and O–H groups in total. The Bertz CT molecular complexity index is 358. The van der Waals surface area contributed by atoms with E-state index in [2.05, 4.69) is 0 Å². The Hall–Kier alpha value is -1.51. The molecular formula is C13H18O3. The van der Waals surface area contributed by atoms with Crippen molar-refractivity contribution in [1.82, 2.24) is 0 Å². The summed E-state index contributed by atoms with van der Waals surface area (Å²) < 4.78 is 4.87. The quantitative estimate of drug-likeness (QED) is 0.778. The second-order valence-electron chi connectivity index (χ2n) is 3.61. The van der Waals surface area contributed by atoms with Gasteiger partial charge in [-0.3, -0.25) is 4.79 Å². The number of aryl methyl sites for hydroxylation is 2. The van der Waals surface area contributed by atoms with Gasteiger partial charge in [0.1, 0.15) is 5.75 Å². The number of rotatable bonds is 5. The maximum atomic E-state index is 11.2. The largest absolute Gasteiger partial charge is 0.508 e. The fourth-order valence-corrected chi connectivity index (χ4v) is 1.66. The van der Waals surface area contributed by atoms with Crippen LogP contribution < -0.4 is 0 Å². The summed E-state index contributed by atoms with van der Waals surface area (Å²) >= 11 is 0. The summed E-state index contributed by atoms with van der Waals surface area (Å²) in [4.78, 5) is 11.2. The van der Waals surface area contributed by atoms with E-state index >= 15 is 0 Å². The molecule has 0 saturated carbocycles. The number of ether oxygens (including phenoxy) is 1. The molecule has 0 amide bonds. The van der Waals surface area contributed by atoms with Crippen LogP contribution in [0.2, 0.25) is 0 Å². The van der Waals surface area contributed by atoms with Gasteiger partial charge in [-0.1, -0.05) is 13.0 Å². The lowest BCUT2D eigenvalue weighted by Gasteiger charge is -2.08. The van der Waals surface area contributed by atoms with Crippen molar-refractivity contribution in [3.63, 3.8) is 0 Å². The minimum Gasteiger partial charge on any atom is -0.508 e. The highest BCUT2D eigenvalue weighted by Crippen LogP contribution is 2.18. The molecule has 0 bridgehead atoms. The minimum absolute atomic E-state index is 0.169. The predicted molar refractivity (Wildman–Crippen MR) is 62.4 cm³/mol. The summed E-state index contributed by atoms with van der Waals surface area (Å²) in [6.45, 7) is 4.26. The van der Waals surface area contributed by atoms with Crippen LogP contribution in [0.15, 0.2) is 18.2 Å². The van der Waals surface area contributed by atoms with E-state index in [0.29, 0.717) is 19.4 Å². The van der Waals surface area contributed by atoms with Gasteiger partial charge in [0.15, 0.2) is 0 Å². The number of benzene rings is 1. The lowest BCUT2D eigenvalue weighted by molar-refractivity contribution is -0.143. The van der Waals surface area contributed by atoms with Gasteiger partial charge < -0.3 is 9.84 Å². The van der Waals surface area contributed by atoms with E-state index in [9.17, 15) is 9.90 Å². The Balaban J connectivity index is 2.63. The summed E-state index contributed by atoms with van der Waals surface area (Å²) in [5.41, 5.74) is 2.19. The van der Waals surface area contributed by atoms with Gasteiger partial charge in [0.05, 0.1) is 6.61 Å². The molecule has 1 aromatic carbocycles. The third-order valence-corrected chi connectivity index (χ3v) is 2.47. The first kappa shape index (κ1) is 12.6. The highest BCUT2D eigenvalue weighted by atomic mass is 16.5. The smallest absolute Gasteiger partial charge is 0.306 e. The molecule has 0 spiro atoms. The van der Waals surface area contributed by atoms with Gasteiger partial charge in [0, 0.05) is 6.42 Å². The summed E-state index contributed by atoms with van der Waals surface area (Å²) in [6.07, 6.45) is 1.92. The minimum atomic E-state index is -0.169. The zero-order chi connectivity index (χ0) is 12.0. The molecule has 0 aromatic heterocycles. The summed E-state index contributed by atoms with van der Waals surface area (Å²) in [7, 11) is 0. The molecule has 16 heavy (non-hydrogen) atoms. The van der Waals surface area contributed by atoms with Crippen LogP contribution in [0, 0.1) is 0 Å². The zero-order valence-electron chi connectivity index (χ0n) is 9.82. The normalized spacial score (nSPS) is 10.1. The third kappa shape index (κ3) is 3.57. The lowest BCUT2D eigenvalue weighted by atomic mass is 10.0. The number of hydrogen-bond donors (Lipinski definition) is 1. The molecule has 0 fully saturated rings. The van der Waals surface area contributed by atoms with Crippen molar-refractivity contribution in [2.24, 2.45) is 0 Å². The van der Waals surface area contributed by atoms with Gasteiger partial charge in [0.2, 0.25) is 0 Å². The van der Waals surface area contributed by atoms with Gasteiger partial charge >= 0.3 is 5.97 Å². The van der Waals surface area contributed by atoms with E-state index in [1.54, 1.807) is 19.1 Å². The Morgan fingerprint density at radius 1 is 1.31 bits per heavy atom. The standard InChI is InChI=1S/C13H18O3/c1-3-10-9-12(14)7-5-11(10)6-8-13(15)16-4-2/h5,7,9,14H,3-4,6,8H2,1-2H3. The van der Waals surface area contributed by atoms with Crippen LogP contribution in [0.25, 0.3) is 0 Å². The van der Waals surface area contributed by atoms with E-state index in [0.717, 1.165) is 17.5 Å². The van der Waals surface area contributed by atoms with Gasteiger partial charge in [0.25, 0.3) is 0 Å². The molecule has 0 atom stereocenters. The summed E-state index contributed by atoms with van der Waals surface area (Å²) in [6, 6.07) is 5.27. The van der Waals surface area contributed by atoms with E-state index in [1.165, 1.54) is 0 Å². The second-order valence-corrected chi connectivity index (χ2v) is 3.61. The Morgan fingerprint density at radius 2 is 2.06 bits per heavy atom. The van der Waals surface area contributed by atoms with Crippen LogP contribution in [0.1, 0.15) is 31.4 Å². The molecule has 0 heterocycles. The second kappa shape index (κ2) is 6.16. The van der Waals surface area contributed by atoms with Crippen LogP contribution >= 0.6 is 0 Å². The molecule has 0 saturated heterocycles. The monoisotopic (exact) mass is 222 g/mol. The number of aromatic hydroxyl groups is 1. The van der Waals surface area contributed by atoms with Crippen molar-refractivity contribution >= 4 is 5.97 Å². The average molecular weight is 222 g/mol. The molecule has 0 aliphatic rings. The molecule has 0 aliphatic heterocycles. The highest BCUT2D eigenvalue weighted by Gasteiger charge is 2.06. The zero-order valence-corrected chi connectivity index (χ0v) is 9.82. The highest BCUT2D eigenvalue weighted by molar-refractivity contribution is 5.69. The fourth-order valence-electron chi connectivity index (χ4n) is 1.66. The van der Waals surface area contributed by atoms with E-state index in [1.807, 2.05) is 13.0 Å². The van der Waals surface area contributed by atoms with Crippen molar-refractivity contribution < 1.29 is 14.6 Å². The lowest BCUT2D eigenvalue weighted by Crippen LogP contribution is -2.06. The van der Waals surface area contributed by atoms with Crippen LogP contribution in [-0.4, -0.2) is 17.7 Å². The number of phenolic OH excluding ortho intramolecular Hbond substituents is 1. The molecule has 3 nitrogen and oxygen atoms in total. The first-order valence-electron chi connectivity index (χ1n) is 5.63. The summed E-state index contributed by atoms with van der Waals surface area (Å²) in [5.74, 6) is 0.106. The van der Waals surface area contributed by atoms with Crippen molar-refractivity contribution in [2.45, 2.75) is 33.1 Å². The third-order valence-electron chi connectivity index (χ3n) is 2.47. The molecule has 3 heteroatoms. The van der Waals surface area contributed by atoms with Crippen molar-refractivity contribution in [2.75, 3.05) is 6.61 Å². The van der Waals surface area contributed by atoms with E-state index in [4.69, 9.17) is 4.74 Å². The van der Waals surface area contributed by atoms with Crippen LogP contribution in [0.3, 0.4) is 0 Å². The SMILES string of the molecule is CCOC(=O)CCc1ccc(O)cc1CC. The molecular weight excluding hydrogens is 204 g/mol. The van der Waals surface area contributed by atoms with Gasteiger partial charge in [-0.15, -0.1) is 0 Å². The molecule has 88 valence electrons. The molecule has 0 radical (unpaired) electrons. The maximum absolute atomic E-state index is 11.2. The molecule has 0 aliphatic carbocycles. The number of carbonyl (C=O) groups is 1. The fraction of sp³-hybridized carbons (Fsp3) is 0.462. The van der Waals surface area contributed by atoms with Gasteiger partial charge in [-0.25, -0.2) is 0 Å². The molecule has 0 unspecified atom stereocenters. The first-order chi connectivity index (χ1) is 7.67. The van der Waals surface area contributed by atoms with Crippen LogP contribution in [0.4, 0.5) is 0 Å². The van der Waals surface area contributed by atoms with E-state index in [-0.39, 0.29) is 11.7 Å². The topological polar surface area (TPSA) is 46.5 Å². The average Bonchev–Trinajstić information content (AvgIpc) is 2.27. The Kier molecular flexibility index (Phi) is 4.83. The van der Waals surface area contributed by atoms with Crippen molar-refractivity contribution in [1.29, 1.82) is 0 Å². The Morgan fingerprint density at radius 3 is 2.69 bits per heavy atom. The van der Waals surface area contributed by atoms with Crippen LogP contribution in [0.5, 0.6) is 5.75 Å². The number of carbonyl (C=O) groups excluding carboxylic acids is 1. The van der Waals surface area contributed by atoms with Gasteiger partial charge in [-0.05, 0) is 43.0 Å². The number of hydrogen-bond acceptors (Lipinski definition) is 3. The molecule has 1 aromatic rings. The van der Waals surface area contributed by atoms with Crippen molar-refractivity contribution in [3.8, 4) is 5.75 Å². The number of esters is 1. The van der Waals surface area contributed by atoms with Gasteiger partial charge in [-0.2, -0.15) is 0 Å². The summed E-state index contributed by atoms with van der Waals surface area (Å²) in [5, 5.41) is 9.34. The first-order valence-corrected chi connectivity index (χ1v) is 5.63.